The summed E-state index contributed by atoms with van der Waals surface area (Å²) in [4.78, 5) is 15.5. The van der Waals surface area contributed by atoms with Crippen molar-refractivity contribution < 1.29 is 4.39 Å². The molecular formula is C20H16FN7. The lowest BCUT2D eigenvalue weighted by Crippen LogP contribution is -2.34. The molecule has 4 heterocycles. The summed E-state index contributed by atoms with van der Waals surface area (Å²) in [5.41, 5.74) is 10.5. The van der Waals surface area contributed by atoms with Gasteiger partial charge in [0.05, 0.1) is 5.69 Å². The molecule has 0 radical (unpaired) electrons. The van der Waals surface area contributed by atoms with Crippen LogP contribution in [0.5, 0.6) is 0 Å². The fourth-order valence-electron chi connectivity index (χ4n) is 3.46. The standard InChI is InChI=1S/C20H16FN7/c1-27-11-25-28-9-6-13(10-15(27)28)16-17(12-2-4-14(21)5-3-12)26-20(22)19-18(16)23-7-8-24-19/h2-11,15H,1H3,(H2,22,26). The van der Waals surface area contributed by atoms with Gasteiger partial charge in [-0.3, -0.25) is 4.98 Å². The van der Waals surface area contributed by atoms with Crippen LogP contribution in [0.2, 0.25) is 0 Å². The third-order valence-corrected chi connectivity index (χ3v) is 4.84. The Hall–Kier alpha value is -3.81. The van der Waals surface area contributed by atoms with Crippen molar-refractivity contribution in [1.82, 2.24) is 24.9 Å². The van der Waals surface area contributed by atoms with Crippen LogP contribution in [0, 0.1) is 5.82 Å². The van der Waals surface area contributed by atoms with Gasteiger partial charge in [0, 0.05) is 36.8 Å². The minimum Gasteiger partial charge on any atom is -0.382 e. The molecule has 8 heteroatoms. The molecule has 2 aliphatic heterocycles. The number of hydrazone groups is 1. The van der Waals surface area contributed by atoms with Crippen molar-refractivity contribution in [3.05, 3.63) is 66.4 Å². The van der Waals surface area contributed by atoms with E-state index in [-0.39, 0.29) is 17.8 Å². The molecule has 28 heavy (non-hydrogen) atoms. The van der Waals surface area contributed by atoms with Gasteiger partial charge in [0.15, 0.2) is 5.82 Å². The molecule has 0 spiro atoms. The van der Waals surface area contributed by atoms with E-state index in [9.17, 15) is 4.39 Å². The van der Waals surface area contributed by atoms with Crippen LogP contribution < -0.4 is 5.73 Å². The lowest BCUT2D eigenvalue weighted by atomic mass is 9.95. The number of likely N-dealkylation sites (N-methyl/N-ethyl adjacent to an activating group) is 1. The molecule has 2 N–H and O–H groups in total. The van der Waals surface area contributed by atoms with Crippen molar-refractivity contribution in [2.75, 3.05) is 12.8 Å². The number of rotatable bonds is 2. The van der Waals surface area contributed by atoms with Crippen LogP contribution in [-0.2, 0) is 0 Å². The topological polar surface area (TPSA) is 83.5 Å². The predicted octanol–water partition coefficient (Wildman–Crippen LogP) is 2.84. The number of anilines is 1. The van der Waals surface area contributed by atoms with E-state index in [4.69, 9.17) is 5.73 Å². The summed E-state index contributed by atoms with van der Waals surface area (Å²) in [5, 5.41) is 6.19. The number of nitrogen functional groups attached to an aromatic ring is 1. The van der Waals surface area contributed by atoms with Crippen LogP contribution in [0.4, 0.5) is 10.2 Å². The van der Waals surface area contributed by atoms with E-state index in [1.807, 2.05) is 29.2 Å². The molecule has 3 aromatic rings. The van der Waals surface area contributed by atoms with Crippen LogP contribution in [0.15, 0.2) is 60.1 Å². The second kappa shape index (κ2) is 6.12. The Kier molecular flexibility index (Phi) is 3.58. The summed E-state index contributed by atoms with van der Waals surface area (Å²) in [7, 11) is 1.96. The highest BCUT2D eigenvalue weighted by Crippen LogP contribution is 2.37. The molecule has 0 fully saturated rings. The second-order valence-corrected chi connectivity index (χ2v) is 6.61. The van der Waals surface area contributed by atoms with Gasteiger partial charge in [-0.2, -0.15) is 5.10 Å². The Morgan fingerprint density at radius 3 is 2.61 bits per heavy atom. The highest BCUT2D eigenvalue weighted by Gasteiger charge is 2.27. The van der Waals surface area contributed by atoms with Crippen LogP contribution in [0.25, 0.3) is 27.9 Å². The number of halogens is 1. The smallest absolute Gasteiger partial charge is 0.152 e. The van der Waals surface area contributed by atoms with Crippen molar-refractivity contribution in [2.24, 2.45) is 5.10 Å². The molecule has 0 bridgehead atoms. The summed E-state index contributed by atoms with van der Waals surface area (Å²) in [6.45, 7) is 0. The Labute approximate surface area is 160 Å². The molecule has 0 amide bonds. The third kappa shape index (κ3) is 2.50. The monoisotopic (exact) mass is 373 g/mol. The first-order valence-corrected chi connectivity index (χ1v) is 8.73. The van der Waals surface area contributed by atoms with Crippen molar-refractivity contribution in [1.29, 1.82) is 0 Å². The number of hydrogen-bond acceptors (Lipinski definition) is 7. The fourth-order valence-corrected chi connectivity index (χ4v) is 3.46. The maximum atomic E-state index is 13.5. The quantitative estimate of drug-likeness (QED) is 0.744. The second-order valence-electron chi connectivity index (χ2n) is 6.61. The molecule has 0 saturated carbocycles. The Morgan fingerprint density at radius 2 is 1.82 bits per heavy atom. The number of nitrogens with two attached hydrogens (primary N) is 1. The van der Waals surface area contributed by atoms with Crippen molar-refractivity contribution in [3.8, 4) is 11.3 Å². The van der Waals surface area contributed by atoms with E-state index in [0.717, 1.165) is 16.7 Å². The number of benzene rings is 1. The normalized spacial score (nSPS) is 17.9. The number of hydrogen-bond donors (Lipinski definition) is 1. The zero-order valence-corrected chi connectivity index (χ0v) is 15.0. The number of allylic oxidation sites excluding steroid dienone is 2. The van der Waals surface area contributed by atoms with Crippen molar-refractivity contribution >= 4 is 28.8 Å². The minimum atomic E-state index is -0.309. The Balaban J connectivity index is 1.78. The van der Waals surface area contributed by atoms with Gasteiger partial charge >= 0.3 is 0 Å². The molecule has 1 atom stereocenters. The van der Waals surface area contributed by atoms with Crippen molar-refractivity contribution in [2.45, 2.75) is 6.17 Å². The van der Waals surface area contributed by atoms with Gasteiger partial charge in [0.25, 0.3) is 0 Å². The molecule has 0 aliphatic carbocycles. The van der Waals surface area contributed by atoms with Gasteiger partial charge in [0.1, 0.15) is 29.4 Å². The zero-order valence-electron chi connectivity index (χ0n) is 15.0. The van der Waals surface area contributed by atoms with E-state index in [1.165, 1.54) is 12.1 Å². The van der Waals surface area contributed by atoms with E-state index in [0.29, 0.717) is 16.7 Å². The largest absolute Gasteiger partial charge is 0.382 e. The lowest BCUT2D eigenvalue weighted by molar-refractivity contribution is 0.255. The number of fused-ring (bicyclic) bond motifs is 2. The third-order valence-electron chi connectivity index (χ3n) is 4.84. The first-order valence-electron chi connectivity index (χ1n) is 8.73. The van der Waals surface area contributed by atoms with Gasteiger partial charge in [-0.15, -0.1) is 0 Å². The highest BCUT2D eigenvalue weighted by atomic mass is 19.1. The summed E-state index contributed by atoms with van der Waals surface area (Å²) in [5.74, 6) is -0.0227. The zero-order chi connectivity index (χ0) is 19.3. The molecular weight excluding hydrogens is 357 g/mol. The first kappa shape index (κ1) is 16.4. The van der Waals surface area contributed by atoms with Crippen LogP contribution in [-0.4, -0.2) is 44.4 Å². The van der Waals surface area contributed by atoms with Gasteiger partial charge in [-0.1, -0.05) is 0 Å². The average Bonchev–Trinajstić information content (AvgIpc) is 3.09. The summed E-state index contributed by atoms with van der Waals surface area (Å²) >= 11 is 0. The first-order chi connectivity index (χ1) is 13.6. The lowest BCUT2D eigenvalue weighted by Gasteiger charge is -2.27. The number of aromatic nitrogens is 3. The van der Waals surface area contributed by atoms with E-state index in [1.54, 1.807) is 30.9 Å². The average molecular weight is 373 g/mol. The summed E-state index contributed by atoms with van der Waals surface area (Å²) < 4.78 is 13.5. The van der Waals surface area contributed by atoms with Gasteiger partial charge in [-0.05, 0) is 42.0 Å². The van der Waals surface area contributed by atoms with Gasteiger partial charge in [0.2, 0.25) is 0 Å². The Bertz CT molecular complexity index is 1170. The molecule has 0 saturated heterocycles. The molecule has 2 aromatic heterocycles. The van der Waals surface area contributed by atoms with Crippen LogP contribution in [0.3, 0.4) is 0 Å². The minimum absolute atomic E-state index is 0.0367. The van der Waals surface area contributed by atoms with E-state index < -0.39 is 0 Å². The Morgan fingerprint density at radius 1 is 1.07 bits per heavy atom. The number of nitrogens with zero attached hydrogens (tertiary/aromatic N) is 6. The van der Waals surface area contributed by atoms with Crippen LogP contribution >= 0.6 is 0 Å². The molecule has 7 nitrogen and oxygen atoms in total. The van der Waals surface area contributed by atoms with Gasteiger partial charge < -0.3 is 10.6 Å². The predicted molar refractivity (Wildman–Crippen MR) is 106 cm³/mol. The number of pyridine rings is 1. The highest BCUT2D eigenvalue weighted by molar-refractivity contribution is 6.01. The van der Waals surface area contributed by atoms with Gasteiger partial charge in [-0.25, -0.2) is 19.4 Å². The molecule has 5 rings (SSSR count). The maximum Gasteiger partial charge on any atom is 0.152 e. The fraction of sp³-hybridized carbons (Fsp3) is 0.100. The van der Waals surface area contributed by atoms with E-state index in [2.05, 4.69) is 26.1 Å². The van der Waals surface area contributed by atoms with Crippen molar-refractivity contribution in [3.63, 3.8) is 0 Å². The maximum absolute atomic E-state index is 13.5. The molecule has 138 valence electrons. The molecule has 1 aromatic carbocycles. The molecule has 1 unspecified atom stereocenters. The van der Waals surface area contributed by atoms with Crippen LogP contribution in [0.1, 0.15) is 5.56 Å². The molecule has 2 aliphatic rings. The summed E-state index contributed by atoms with van der Waals surface area (Å²) in [6.07, 6.45) is 10.9. The SMILES string of the molecule is CN1C=NN2C=CC(c3c(-c4ccc(F)cc4)nc(N)c4nccnc34)=CC12. The summed E-state index contributed by atoms with van der Waals surface area (Å²) in [6, 6.07) is 6.19. The van der Waals surface area contributed by atoms with E-state index >= 15 is 0 Å².